The minimum atomic E-state index is -0.557. The van der Waals surface area contributed by atoms with E-state index in [1.165, 1.54) is 0 Å². The second kappa shape index (κ2) is 11.1. The van der Waals surface area contributed by atoms with Crippen molar-refractivity contribution in [1.29, 1.82) is 0 Å². The molecule has 0 saturated heterocycles. The van der Waals surface area contributed by atoms with E-state index in [0.29, 0.717) is 18.8 Å². The molecule has 1 aromatic heterocycles. The number of methoxy groups -OCH3 is 1. The molecule has 0 bridgehead atoms. The molecule has 3 aromatic rings. The fourth-order valence-electron chi connectivity index (χ4n) is 3.16. The Morgan fingerprint density at radius 3 is 2.59 bits per heavy atom. The number of aromatic nitrogens is 2. The van der Waals surface area contributed by atoms with Gasteiger partial charge in [-0.05, 0) is 29.7 Å². The van der Waals surface area contributed by atoms with E-state index in [0.717, 1.165) is 17.5 Å². The molecule has 1 unspecified atom stereocenters. The Kier molecular flexibility index (Phi) is 7.99. The van der Waals surface area contributed by atoms with Gasteiger partial charge in [-0.1, -0.05) is 55.8 Å². The van der Waals surface area contributed by atoms with Gasteiger partial charge in [0.25, 0.3) is 5.91 Å². The number of nitrogens with one attached hydrogen (secondary N) is 1. The first-order valence-corrected chi connectivity index (χ1v) is 10.4. The molecule has 0 radical (unpaired) electrons. The molecular weight excluding hydrogens is 408 g/mol. The molecule has 0 aliphatic rings. The van der Waals surface area contributed by atoms with E-state index in [2.05, 4.69) is 15.3 Å². The number of anilines is 1. The highest BCUT2D eigenvalue weighted by Gasteiger charge is 2.23. The van der Waals surface area contributed by atoms with Crippen molar-refractivity contribution in [2.45, 2.75) is 39.0 Å². The molecular formula is C24H28N4O4. The zero-order valence-electron chi connectivity index (χ0n) is 18.2. The van der Waals surface area contributed by atoms with Crippen LogP contribution in [0.25, 0.3) is 0 Å². The Morgan fingerprint density at radius 2 is 1.88 bits per heavy atom. The van der Waals surface area contributed by atoms with E-state index in [9.17, 15) is 9.90 Å². The van der Waals surface area contributed by atoms with Crippen molar-refractivity contribution in [3.63, 3.8) is 0 Å². The van der Waals surface area contributed by atoms with Crippen LogP contribution >= 0.6 is 0 Å². The van der Waals surface area contributed by atoms with Crippen LogP contribution in [0.3, 0.4) is 0 Å². The maximum Gasteiger partial charge on any atom is 0.274 e. The first-order valence-electron chi connectivity index (χ1n) is 10.4. The molecule has 1 heterocycles. The molecule has 8 heteroatoms. The summed E-state index contributed by atoms with van der Waals surface area (Å²) in [6, 6.07) is 17.1. The van der Waals surface area contributed by atoms with Crippen LogP contribution in [0, 0.1) is 0 Å². The number of benzene rings is 2. The summed E-state index contributed by atoms with van der Waals surface area (Å²) in [7, 11) is 1.58. The summed E-state index contributed by atoms with van der Waals surface area (Å²) in [5, 5.41) is 13.1. The van der Waals surface area contributed by atoms with Gasteiger partial charge in [-0.25, -0.2) is 9.97 Å². The van der Waals surface area contributed by atoms with Crippen LogP contribution in [-0.2, 0) is 17.9 Å². The molecule has 4 N–H and O–H groups in total. The van der Waals surface area contributed by atoms with Crippen LogP contribution in [0.5, 0.6) is 11.5 Å². The SMILES string of the molecule is CCCC(OCc1ccccc1)c1nc(N)c(O)c(C(=O)NCc2cccc(OC)c2)n1. The molecule has 0 saturated carbocycles. The molecule has 32 heavy (non-hydrogen) atoms. The van der Waals surface area contributed by atoms with Crippen molar-refractivity contribution in [1.82, 2.24) is 15.3 Å². The topological polar surface area (TPSA) is 120 Å². The summed E-state index contributed by atoms with van der Waals surface area (Å²) >= 11 is 0. The Morgan fingerprint density at radius 1 is 1.12 bits per heavy atom. The van der Waals surface area contributed by atoms with Gasteiger partial charge < -0.3 is 25.6 Å². The maximum absolute atomic E-state index is 12.8. The third kappa shape index (κ3) is 5.95. The van der Waals surface area contributed by atoms with Crippen LogP contribution in [0.1, 0.15) is 53.3 Å². The standard InChI is InChI=1S/C24H28N4O4/c1-3-8-19(32-15-16-9-5-4-6-10-16)23-27-20(21(29)22(25)28-23)24(30)26-14-17-11-7-12-18(13-17)31-2/h4-7,9-13,19,29H,3,8,14-15H2,1-2H3,(H,26,30)(H2,25,27,28). The van der Waals surface area contributed by atoms with Crippen molar-refractivity contribution >= 4 is 11.7 Å². The van der Waals surface area contributed by atoms with Crippen LogP contribution in [0.15, 0.2) is 54.6 Å². The quantitative estimate of drug-likeness (QED) is 0.443. The normalized spacial score (nSPS) is 11.7. The Labute approximate surface area is 187 Å². The van der Waals surface area contributed by atoms with Gasteiger partial charge in [-0.2, -0.15) is 0 Å². The van der Waals surface area contributed by atoms with Crippen LogP contribution in [0.4, 0.5) is 5.82 Å². The van der Waals surface area contributed by atoms with E-state index in [4.69, 9.17) is 15.2 Å². The van der Waals surface area contributed by atoms with Gasteiger partial charge in [0.05, 0.1) is 13.7 Å². The predicted molar refractivity (Wildman–Crippen MR) is 121 cm³/mol. The molecule has 0 spiro atoms. The molecule has 8 nitrogen and oxygen atoms in total. The number of hydrogen-bond acceptors (Lipinski definition) is 7. The lowest BCUT2D eigenvalue weighted by Gasteiger charge is -2.18. The second-order valence-corrected chi connectivity index (χ2v) is 7.27. The van der Waals surface area contributed by atoms with Crippen molar-refractivity contribution in [2.24, 2.45) is 0 Å². The number of amides is 1. The van der Waals surface area contributed by atoms with Crippen LogP contribution in [-0.4, -0.2) is 28.1 Å². The third-order valence-electron chi connectivity index (χ3n) is 4.86. The zero-order valence-corrected chi connectivity index (χ0v) is 18.2. The average Bonchev–Trinajstić information content (AvgIpc) is 2.82. The number of nitrogens with zero attached hydrogens (tertiary/aromatic N) is 2. The molecule has 1 atom stereocenters. The Balaban J connectivity index is 1.77. The molecule has 0 aliphatic heterocycles. The number of nitrogen functional groups attached to an aromatic ring is 1. The molecule has 2 aromatic carbocycles. The number of rotatable bonds is 10. The van der Waals surface area contributed by atoms with Gasteiger partial charge in [0, 0.05) is 6.54 Å². The number of nitrogens with two attached hydrogens (primary N) is 1. The highest BCUT2D eigenvalue weighted by molar-refractivity contribution is 5.96. The smallest absolute Gasteiger partial charge is 0.274 e. The van der Waals surface area contributed by atoms with E-state index in [-0.39, 0.29) is 23.9 Å². The van der Waals surface area contributed by atoms with Gasteiger partial charge in [-0.15, -0.1) is 0 Å². The zero-order chi connectivity index (χ0) is 22.9. The number of carbonyl (C=O) groups is 1. The van der Waals surface area contributed by atoms with Gasteiger partial charge in [0.1, 0.15) is 11.9 Å². The monoisotopic (exact) mass is 436 g/mol. The van der Waals surface area contributed by atoms with E-state index >= 15 is 0 Å². The summed E-state index contributed by atoms with van der Waals surface area (Å²) in [4.78, 5) is 21.3. The van der Waals surface area contributed by atoms with Gasteiger partial charge in [0.2, 0.25) is 0 Å². The van der Waals surface area contributed by atoms with Gasteiger partial charge in [-0.3, -0.25) is 4.79 Å². The van der Waals surface area contributed by atoms with Crippen LogP contribution < -0.4 is 15.8 Å². The lowest BCUT2D eigenvalue weighted by atomic mass is 10.1. The van der Waals surface area contributed by atoms with E-state index in [1.807, 2.05) is 61.5 Å². The van der Waals surface area contributed by atoms with E-state index < -0.39 is 17.8 Å². The minimum Gasteiger partial charge on any atom is -0.503 e. The fraction of sp³-hybridized carbons (Fsp3) is 0.292. The number of carbonyl (C=O) groups excluding carboxylic acids is 1. The summed E-state index contributed by atoms with van der Waals surface area (Å²) in [5.74, 6) is -0.212. The first kappa shape index (κ1) is 23.0. The van der Waals surface area contributed by atoms with Crippen molar-refractivity contribution in [3.8, 4) is 11.5 Å². The Hall–Kier alpha value is -3.65. The second-order valence-electron chi connectivity index (χ2n) is 7.27. The summed E-state index contributed by atoms with van der Waals surface area (Å²) in [5.41, 5.74) is 7.56. The Bertz CT molecular complexity index is 1040. The summed E-state index contributed by atoms with van der Waals surface area (Å²) in [6.07, 6.45) is 0.996. The largest absolute Gasteiger partial charge is 0.503 e. The highest BCUT2D eigenvalue weighted by Crippen LogP contribution is 2.28. The number of aromatic hydroxyl groups is 1. The van der Waals surface area contributed by atoms with Crippen molar-refractivity contribution in [2.75, 3.05) is 12.8 Å². The molecule has 3 rings (SSSR count). The van der Waals surface area contributed by atoms with Crippen LogP contribution in [0.2, 0.25) is 0 Å². The lowest BCUT2D eigenvalue weighted by molar-refractivity contribution is 0.0274. The molecule has 168 valence electrons. The number of hydrogen-bond donors (Lipinski definition) is 3. The first-order chi connectivity index (χ1) is 15.5. The van der Waals surface area contributed by atoms with Crippen molar-refractivity contribution in [3.05, 3.63) is 77.2 Å². The van der Waals surface area contributed by atoms with Gasteiger partial charge >= 0.3 is 0 Å². The highest BCUT2D eigenvalue weighted by atomic mass is 16.5. The van der Waals surface area contributed by atoms with Crippen molar-refractivity contribution < 1.29 is 19.4 Å². The molecule has 0 fully saturated rings. The molecule has 0 aliphatic carbocycles. The summed E-state index contributed by atoms with van der Waals surface area (Å²) < 4.78 is 11.2. The predicted octanol–water partition coefficient (Wildman–Crippen LogP) is 3.76. The summed E-state index contributed by atoms with van der Waals surface area (Å²) in [6.45, 7) is 2.62. The lowest BCUT2D eigenvalue weighted by Crippen LogP contribution is -2.25. The fourth-order valence-corrected chi connectivity index (χ4v) is 3.16. The third-order valence-corrected chi connectivity index (χ3v) is 4.86. The average molecular weight is 437 g/mol. The van der Waals surface area contributed by atoms with Gasteiger partial charge in [0.15, 0.2) is 23.1 Å². The number of ether oxygens (including phenoxy) is 2. The van der Waals surface area contributed by atoms with E-state index in [1.54, 1.807) is 7.11 Å². The maximum atomic E-state index is 12.8. The minimum absolute atomic E-state index is 0.161. The molecule has 1 amide bonds.